The molecule has 3 heteroatoms. The molecule has 0 atom stereocenters. The summed E-state index contributed by atoms with van der Waals surface area (Å²) < 4.78 is 4.86. The van der Waals surface area contributed by atoms with Crippen molar-refractivity contribution in [3.63, 3.8) is 0 Å². The zero-order valence-electron chi connectivity index (χ0n) is 15.9. The molecule has 0 bridgehead atoms. The van der Waals surface area contributed by atoms with E-state index in [4.69, 9.17) is 0 Å². The van der Waals surface area contributed by atoms with Crippen LogP contribution < -0.4 is 25.4 Å². The van der Waals surface area contributed by atoms with Crippen molar-refractivity contribution in [3.05, 3.63) is 109 Å². The zero-order chi connectivity index (χ0) is 19.0. The Balaban J connectivity index is 1.78. The lowest BCUT2D eigenvalue weighted by atomic mass is 10.1. The highest BCUT2D eigenvalue weighted by Gasteiger charge is 2.51. The molecule has 136 valence electrons. The molecule has 0 N–H and O–H groups in total. The summed E-state index contributed by atoms with van der Waals surface area (Å²) in [7, 11) is -2.40. The summed E-state index contributed by atoms with van der Waals surface area (Å²) >= 11 is 0. The van der Waals surface area contributed by atoms with E-state index in [2.05, 4.69) is 113 Å². The highest BCUT2D eigenvalue weighted by molar-refractivity contribution is 7.21. The normalized spacial score (nSPS) is 15.0. The number of para-hydroxylation sites is 2. The van der Waals surface area contributed by atoms with E-state index in [0.29, 0.717) is 0 Å². The molecule has 29 heavy (non-hydrogen) atoms. The first-order chi connectivity index (χ1) is 14.4. The van der Waals surface area contributed by atoms with Gasteiger partial charge in [0.15, 0.2) is 14.6 Å². The maximum Gasteiger partial charge on any atom is 0.204 e. The van der Waals surface area contributed by atoms with E-state index in [1.165, 1.54) is 42.9 Å². The minimum absolute atomic E-state index is 0.950. The van der Waals surface area contributed by atoms with Crippen LogP contribution in [0.3, 0.4) is 0 Å². The molecule has 1 aromatic heterocycles. The van der Waals surface area contributed by atoms with Gasteiger partial charge in [0.2, 0.25) is 6.20 Å². The van der Waals surface area contributed by atoms with Crippen molar-refractivity contribution in [3.8, 4) is 5.69 Å². The fraction of sp³-hybridized carbons (Fsp3) is 0.0385. The molecule has 0 spiro atoms. The van der Waals surface area contributed by atoms with E-state index in [1.807, 2.05) is 0 Å². The predicted octanol–water partition coefficient (Wildman–Crippen LogP) is 1.97. The molecule has 2 aliphatic rings. The number of benzene rings is 4. The molecule has 0 fully saturated rings. The van der Waals surface area contributed by atoms with Crippen LogP contribution in [0.2, 0.25) is 0 Å². The topological polar surface area (TPSA) is 8.81 Å². The van der Waals surface area contributed by atoms with Crippen LogP contribution in [-0.4, -0.2) is 12.8 Å². The number of aromatic nitrogens is 2. The average molecular weight is 388 g/mol. The van der Waals surface area contributed by atoms with E-state index in [-0.39, 0.29) is 0 Å². The van der Waals surface area contributed by atoms with E-state index in [0.717, 1.165) is 6.54 Å². The fourth-order valence-electron chi connectivity index (χ4n) is 5.66. The molecule has 2 nitrogen and oxygen atoms in total. The lowest BCUT2D eigenvalue weighted by molar-refractivity contribution is -0.749. The molecule has 7 rings (SSSR count). The maximum absolute atomic E-state index is 2.48. The first-order valence-electron chi connectivity index (χ1n) is 10.2. The Labute approximate surface area is 170 Å². The van der Waals surface area contributed by atoms with Gasteiger partial charge >= 0.3 is 0 Å². The van der Waals surface area contributed by atoms with Crippen molar-refractivity contribution in [2.24, 2.45) is 0 Å². The minimum Gasteiger partial charge on any atom is -0.120 e. The molecule has 2 aliphatic heterocycles. The van der Waals surface area contributed by atoms with Crippen LogP contribution in [0.25, 0.3) is 16.6 Å². The van der Waals surface area contributed by atoms with Gasteiger partial charge < -0.3 is 0 Å². The van der Waals surface area contributed by atoms with Crippen LogP contribution in [0.15, 0.2) is 103 Å². The largest absolute Gasteiger partial charge is 0.204 e. The van der Waals surface area contributed by atoms with Gasteiger partial charge in [0, 0.05) is 5.56 Å². The SMILES string of the molecule is c1ccc([Si]2(c3ccccc3)c3cccc4c3-n3c5c2cccc5c[n+]3C4)cc1. The van der Waals surface area contributed by atoms with Gasteiger partial charge in [-0.15, -0.1) is 9.36 Å². The van der Waals surface area contributed by atoms with Crippen LogP contribution >= 0.6 is 0 Å². The smallest absolute Gasteiger partial charge is 0.120 e. The number of hydrogen-bond acceptors (Lipinski definition) is 0. The molecule has 5 aromatic rings. The highest BCUT2D eigenvalue weighted by Crippen LogP contribution is 2.30. The van der Waals surface area contributed by atoms with Gasteiger partial charge in [-0.3, -0.25) is 0 Å². The predicted molar refractivity (Wildman–Crippen MR) is 120 cm³/mol. The average Bonchev–Trinajstić information content (AvgIpc) is 3.32. The van der Waals surface area contributed by atoms with E-state index >= 15 is 0 Å². The number of nitrogens with zero attached hydrogens (tertiary/aromatic N) is 2. The van der Waals surface area contributed by atoms with Crippen molar-refractivity contribution in [2.45, 2.75) is 6.54 Å². The molecule has 4 aromatic carbocycles. The lowest BCUT2D eigenvalue weighted by Crippen LogP contribution is -2.77. The Kier molecular flexibility index (Phi) is 2.85. The third kappa shape index (κ3) is 1.75. The summed E-state index contributed by atoms with van der Waals surface area (Å²) in [6, 6.07) is 36.3. The fourth-order valence-corrected chi connectivity index (χ4v) is 10.8. The van der Waals surface area contributed by atoms with Crippen LogP contribution in [0.5, 0.6) is 0 Å². The van der Waals surface area contributed by atoms with E-state index in [1.54, 1.807) is 0 Å². The molecule has 3 heterocycles. The van der Waals surface area contributed by atoms with Crippen molar-refractivity contribution in [1.82, 2.24) is 4.68 Å². The molecule has 0 aliphatic carbocycles. The molecule has 0 unspecified atom stereocenters. The Bertz CT molecular complexity index is 1380. The number of hydrogen-bond donors (Lipinski definition) is 0. The molecular formula is C26H19N2Si+. The zero-order valence-corrected chi connectivity index (χ0v) is 16.9. The molecular weight excluding hydrogens is 368 g/mol. The second-order valence-electron chi connectivity index (χ2n) is 8.08. The van der Waals surface area contributed by atoms with Gasteiger partial charge in [-0.25, -0.2) is 0 Å². The van der Waals surface area contributed by atoms with Crippen LogP contribution in [-0.2, 0) is 6.54 Å². The molecule has 0 amide bonds. The van der Waals surface area contributed by atoms with Crippen LogP contribution in [0.4, 0.5) is 0 Å². The quantitative estimate of drug-likeness (QED) is 0.317. The Morgan fingerprint density at radius 2 is 1.31 bits per heavy atom. The Morgan fingerprint density at radius 1 is 0.655 bits per heavy atom. The first-order valence-corrected chi connectivity index (χ1v) is 12.2. The second-order valence-corrected chi connectivity index (χ2v) is 11.8. The highest BCUT2D eigenvalue weighted by atomic mass is 28.3. The summed E-state index contributed by atoms with van der Waals surface area (Å²) in [6.45, 7) is 0.950. The van der Waals surface area contributed by atoms with Gasteiger partial charge in [-0.05, 0) is 26.8 Å². The summed E-state index contributed by atoms with van der Waals surface area (Å²) in [5, 5.41) is 7.26. The lowest BCUT2D eigenvalue weighted by Gasteiger charge is -2.37. The molecule has 0 radical (unpaired) electrons. The first kappa shape index (κ1) is 15.5. The number of rotatable bonds is 2. The summed E-state index contributed by atoms with van der Waals surface area (Å²) in [4.78, 5) is 0. The van der Waals surface area contributed by atoms with Gasteiger partial charge in [0.05, 0.1) is 5.39 Å². The van der Waals surface area contributed by atoms with Crippen LogP contribution in [0.1, 0.15) is 5.56 Å². The Hall–Kier alpha value is -3.43. The third-order valence-electron chi connectivity index (χ3n) is 6.71. The van der Waals surface area contributed by atoms with Crippen molar-refractivity contribution in [1.29, 1.82) is 0 Å². The maximum atomic E-state index is 2.48. The summed E-state index contributed by atoms with van der Waals surface area (Å²) in [5.41, 5.74) is 4.24. The van der Waals surface area contributed by atoms with Gasteiger partial charge in [0.25, 0.3) is 0 Å². The van der Waals surface area contributed by atoms with Gasteiger partial charge in [-0.2, -0.15) is 0 Å². The van der Waals surface area contributed by atoms with Gasteiger partial charge in [0.1, 0.15) is 11.2 Å². The summed E-state index contributed by atoms with van der Waals surface area (Å²) in [6.07, 6.45) is 2.32. The van der Waals surface area contributed by atoms with Crippen molar-refractivity contribution < 1.29 is 4.68 Å². The molecule has 0 saturated heterocycles. The monoisotopic (exact) mass is 387 g/mol. The van der Waals surface area contributed by atoms with E-state index < -0.39 is 8.07 Å². The molecule has 0 saturated carbocycles. The van der Waals surface area contributed by atoms with Gasteiger partial charge in [-0.1, -0.05) is 91.0 Å². The van der Waals surface area contributed by atoms with Crippen molar-refractivity contribution in [2.75, 3.05) is 0 Å². The second kappa shape index (κ2) is 5.34. The Morgan fingerprint density at radius 3 is 2.03 bits per heavy atom. The van der Waals surface area contributed by atoms with Crippen molar-refractivity contribution >= 4 is 39.7 Å². The van der Waals surface area contributed by atoms with Crippen LogP contribution in [0, 0.1) is 0 Å². The standard InChI is InChI=1S/C26H19N2Si/c1-3-11-21(12-4-1)29(22-13-5-2-6-14-22)23-15-7-9-19-17-27-18-20-10-8-16-24(29)26(20)28(27)25(19)23/h1-17H,18H2/q+1. The third-order valence-corrected chi connectivity index (χ3v) is 11.5. The van der Waals surface area contributed by atoms with E-state index in [9.17, 15) is 0 Å². The minimum atomic E-state index is -2.40. The summed E-state index contributed by atoms with van der Waals surface area (Å²) in [5.74, 6) is 0.